The summed E-state index contributed by atoms with van der Waals surface area (Å²) < 4.78 is 5.32. The summed E-state index contributed by atoms with van der Waals surface area (Å²) in [5.74, 6) is 0. The van der Waals surface area contributed by atoms with Crippen molar-refractivity contribution < 1.29 is 9.53 Å². The number of ether oxygens (including phenoxy) is 1. The summed E-state index contributed by atoms with van der Waals surface area (Å²) in [5, 5.41) is 6.54. The molecule has 1 amide bonds. The van der Waals surface area contributed by atoms with E-state index in [2.05, 4.69) is 15.6 Å². The maximum absolute atomic E-state index is 11.8. The van der Waals surface area contributed by atoms with Gasteiger partial charge in [-0.05, 0) is 46.5 Å². The molecule has 0 unspecified atom stereocenters. The molecule has 0 saturated heterocycles. The van der Waals surface area contributed by atoms with Gasteiger partial charge in [0.2, 0.25) is 0 Å². The summed E-state index contributed by atoms with van der Waals surface area (Å²) in [6.07, 6.45) is 5.86. The Morgan fingerprint density at radius 3 is 2.86 bits per heavy atom. The summed E-state index contributed by atoms with van der Waals surface area (Å²) in [6, 6.07) is 0.647. The standard InChI is InChI=1S/C15H25N3O2S/c1-15(2,3)20-14(19)18-12-6-4-5-11(7-12)17-9-13-8-16-10-21-13/h8,10-12,17H,4-7,9H2,1-3H3,(H,18,19)/t11-,12-/m1/s1. The first kappa shape index (κ1) is 16.2. The average molecular weight is 311 g/mol. The van der Waals surface area contributed by atoms with E-state index in [9.17, 15) is 4.79 Å². The fourth-order valence-corrected chi connectivity index (χ4v) is 3.10. The zero-order valence-electron chi connectivity index (χ0n) is 13.0. The fraction of sp³-hybridized carbons (Fsp3) is 0.733. The van der Waals surface area contributed by atoms with Crippen LogP contribution in [-0.2, 0) is 11.3 Å². The van der Waals surface area contributed by atoms with Crippen LogP contribution in [0.15, 0.2) is 11.7 Å². The van der Waals surface area contributed by atoms with Crippen molar-refractivity contribution in [1.29, 1.82) is 0 Å². The zero-order valence-corrected chi connectivity index (χ0v) is 13.8. The maximum atomic E-state index is 11.8. The SMILES string of the molecule is CC(C)(C)OC(=O)N[C@@H]1CCC[C@@H](NCc2cncs2)C1. The highest BCUT2D eigenvalue weighted by molar-refractivity contribution is 7.09. The highest BCUT2D eigenvalue weighted by atomic mass is 32.1. The molecule has 2 N–H and O–H groups in total. The van der Waals surface area contributed by atoms with Crippen molar-refractivity contribution in [3.63, 3.8) is 0 Å². The Kier molecular flexibility index (Phi) is 5.58. The van der Waals surface area contributed by atoms with Crippen LogP contribution in [0.2, 0.25) is 0 Å². The van der Waals surface area contributed by atoms with Gasteiger partial charge in [0.15, 0.2) is 0 Å². The van der Waals surface area contributed by atoms with E-state index in [1.54, 1.807) is 11.3 Å². The number of alkyl carbamates (subject to hydrolysis) is 1. The Morgan fingerprint density at radius 1 is 1.43 bits per heavy atom. The maximum Gasteiger partial charge on any atom is 0.407 e. The topological polar surface area (TPSA) is 63.2 Å². The lowest BCUT2D eigenvalue weighted by atomic mass is 9.91. The van der Waals surface area contributed by atoms with E-state index in [0.717, 1.165) is 32.2 Å². The Balaban J connectivity index is 1.74. The molecule has 0 aliphatic heterocycles. The van der Waals surface area contributed by atoms with Gasteiger partial charge in [-0.2, -0.15) is 0 Å². The summed E-state index contributed by atoms with van der Waals surface area (Å²) in [5.41, 5.74) is 1.41. The minimum absolute atomic E-state index is 0.201. The quantitative estimate of drug-likeness (QED) is 0.897. The van der Waals surface area contributed by atoms with E-state index >= 15 is 0 Å². The number of thiazole rings is 1. The van der Waals surface area contributed by atoms with Crippen LogP contribution in [-0.4, -0.2) is 28.8 Å². The summed E-state index contributed by atoms with van der Waals surface area (Å²) in [4.78, 5) is 17.1. The van der Waals surface area contributed by atoms with Crippen molar-refractivity contribution in [2.75, 3.05) is 0 Å². The summed E-state index contributed by atoms with van der Waals surface area (Å²) >= 11 is 1.67. The molecule has 1 fully saturated rings. The van der Waals surface area contributed by atoms with Crippen molar-refractivity contribution in [2.45, 2.75) is 70.7 Å². The highest BCUT2D eigenvalue weighted by Crippen LogP contribution is 2.20. The van der Waals surface area contributed by atoms with E-state index < -0.39 is 5.60 Å². The van der Waals surface area contributed by atoms with Gasteiger partial charge in [-0.25, -0.2) is 4.79 Å². The van der Waals surface area contributed by atoms with Gasteiger partial charge in [-0.3, -0.25) is 4.98 Å². The molecule has 6 heteroatoms. The van der Waals surface area contributed by atoms with Gasteiger partial charge < -0.3 is 15.4 Å². The van der Waals surface area contributed by atoms with Crippen LogP contribution in [0.1, 0.15) is 51.3 Å². The molecule has 2 atom stereocenters. The third-order valence-electron chi connectivity index (χ3n) is 3.44. The minimum atomic E-state index is -0.442. The molecule has 21 heavy (non-hydrogen) atoms. The van der Waals surface area contributed by atoms with Crippen LogP contribution in [0.5, 0.6) is 0 Å². The molecule has 0 bridgehead atoms. The predicted octanol–water partition coefficient (Wildman–Crippen LogP) is 3.07. The molecule has 1 aromatic rings. The number of carbonyl (C=O) groups is 1. The lowest BCUT2D eigenvalue weighted by Crippen LogP contribution is -2.45. The second-order valence-electron chi connectivity index (χ2n) is 6.56. The molecule has 1 aliphatic carbocycles. The number of aromatic nitrogens is 1. The van der Waals surface area contributed by atoms with Crippen LogP contribution in [0.3, 0.4) is 0 Å². The van der Waals surface area contributed by atoms with Crippen LogP contribution in [0.25, 0.3) is 0 Å². The van der Waals surface area contributed by atoms with Gasteiger partial charge >= 0.3 is 6.09 Å². The van der Waals surface area contributed by atoms with E-state index in [4.69, 9.17) is 4.74 Å². The molecule has 5 nitrogen and oxygen atoms in total. The fourth-order valence-electron chi connectivity index (χ4n) is 2.55. The van der Waals surface area contributed by atoms with Gasteiger partial charge in [0.1, 0.15) is 5.60 Å². The van der Waals surface area contributed by atoms with Gasteiger partial charge in [0, 0.05) is 29.7 Å². The molecule has 0 aromatic carbocycles. The van der Waals surface area contributed by atoms with Crippen molar-refractivity contribution in [1.82, 2.24) is 15.6 Å². The van der Waals surface area contributed by atoms with Crippen molar-refractivity contribution >= 4 is 17.4 Å². The van der Waals surface area contributed by atoms with Crippen LogP contribution in [0.4, 0.5) is 4.79 Å². The average Bonchev–Trinajstić information content (AvgIpc) is 2.87. The van der Waals surface area contributed by atoms with Crippen LogP contribution >= 0.6 is 11.3 Å². The number of hydrogen-bond acceptors (Lipinski definition) is 5. The monoisotopic (exact) mass is 311 g/mol. The molecular weight excluding hydrogens is 286 g/mol. The van der Waals surface area contributed by atoms with E-state index in [-0.39, 0.29) is 12.1 Å². The molecule has 0 spiro atoms. The molecular formula is C15H25N3O2S. The van der Waals surface area contributed by atoms with Crippen molar-refractivity contribution in [2.24, 2.45) is 0 Å². The number of nitrogens with one attached hydrogen (secondary N) is 2. The van der Waals surface area contributed by atoms with E-state index in [1.807, 2.05) is 32.5 Å². The first-order valence-corrected chi connectivity index (χ1v) is 8.40. The molecule has 118 valence electrons. The number of amides is 1. The number of carbonyl (C=O) groups excluding carboxylic acids is 1. The smallest absolute Gasteiger partial charge is 0.407 e. The molecule has 1 aromatic heterocycles. The Morgan fingerprint density at radius 2 is 2.19 bits per heavy atom. The second kappa shape index (κ2) is 7.22. The summed E-state index contributed by atoms with van der Waals surface area (Å²) in [7, 11) is 0. The molecule has 1 aliphatic rings. The van der Waals surface area contributed by atoms with Crippen LogP contribution in [0, 0.1) is 0 Å². The number of rotatable bonds is 4. The molecule has 0 radical (unpaired) electrons. The Bertz CT molecular complexity index is 442. The third kappa shape index (κ3) is 6.01. The molecule has 1 saturated carbocycles. The first-order valence-electron chi connectivity index (χ1n) is 7.52. The highest BCUT2D eigenvalue weighted by Gasteiger charge is 2.25. The predicted molar refractivity (Wildman–Crippen MR) is 84.4 cm³/mol. The number of nitrogens with zero attached hydrogens (tertiary/aromatic N) is 1. The Labute approximate surface area is 130 Å². The normalized spacial score (nSPS) is 22.8. The molecule has 1 heterocycles. The summed E-state index contributed by atoms with van der Waals surface area (Å²) in [6.45, 7) is 6.50. The van der Waals surface area contributed by atoms with E-state index in [1.165, 1.54) is 4.88 Å². The van der Waals surface area contributed by atoms with Gasteiger partial charge in [0.05, 0.1) is 5.51 Å². The first-order chi connectivity index (χ1) is 9.92. The van der Waals surface area contributed by atoms with Crippen molar-refractivity contribution in [3.05, 3.63) is 16.6 Å². The van der Waals surface area contributed by atoms with Gasteiger partial charge in [-0.15, -0.1) is 11.3 Å². The minimum Gasteiger partial charge on any atom is -0.444 e. The number of hydrogen-bond donors (Lipinski definition) is 2. The van der Waals surface area contributed by atoms with Gasteiger partial charge in [0.25, 0.3) is 0 Å². The lowest BCUT2D eigenvalue weighted by Gasteiger charge is -2.31. The van der Waals surface area contributed by atoms with Gasteiger partial charge in [-0.1, -0.05) is 0 Å². The lowest BCUT2D eigenvalue weighted by molar-refractivity contribution is 0.0488. The van der Waals surface area contributed by atoms with Crippen molar-refractivity contribution in [3.8, 4) is 0 Å². The largest absolute Gasteiger partial charge is 0.444 e. The molecule has 2 rings (SSSR count). The second-order valence-corrected chi connectivity index (χ2v) is 7.53. The van der Waals surface area contributed by atoms with Crippen LogP contribution < -0.4 is 10.6 Å². The third-order valence-corrected chi connectivity index (χ3v) is 4.22. The Hall–Kier alpha value is -1.14. The van der Waals surface area contributed by atoms with E-state index in [0.29, 0.717) is 6.04 Å². The zero-order chi connectivity index (χ0) is 15.3.